The molecule has 0 aliphatic heterocycles. The molecule has 0 fully saturated rings. The fraction of sp³-hybridized carbons (Fsp3) is 0.579. The molecule has 1 heterocycles. The van der Waals surface area contributed by atoms with Crippen molar-refractivity contribution < 1.29 is 4.74 Å². The zero-order valence-corrected chi connectivity index (χ0v) is 19.2. The highest BCUT2D eigenvalue weighted by Gasteiger charge is 2.07. The molecule has 0 aliphatic rings. The number of aromatic nitrogens is 2. The van der Waals surface area contributed by atoms with Gasteiger partial charge in [-0.2, -0.15) is 0 Å². The molecule has 152 valence electrons. The molecule has 0 saturated carbocycles. The van der Waals surface area contributed by atoms with E-state index in [1.54, 1.807) is 7.11 Å². The topological polar surface area (TPSA) is 66.7 Å². The van der Waals surface area contributed by atoms with E-state index in [0.717, 1.165) is 62.0 Å². The lowest BCUT2D eigenvalue weighted by Crippen LogP contribution is -2.41. The van der Waals surface area contributed by atoms with Crippen molar-refractivity contribution in [2.45, 2.75) is 19.9 Å². The van der Waals surface area contributed by atoms with Gasteiger partial charge in [0.1, 0.15) is 12.4 Å². The summed E-state index contributed by atoms with van der Waals surface area (Å²) in [6, 6.07) is 8.16. The molecule has 2 aromatic rings. The number of para-hydroxylation sites is 2. The highest BCUT2D eigenvalue weighted by atomic mass is 127. The Hall–Kier alpha value is -1.39. The van der Waals surface area contributed by atoms with Gasteiger partial charge in [0.05, 0.1) is 11.0 Å². The molecule has 7 nitrogen and oxygen atoms in total. The number of aryl methyl sites for hydroxylation is 1. The first-order valence-electron chi connectivity index (χ1n) is 9.25. The Bertz CT molecular complexity index is 703. The van der Waals surface area contributed by atoms with E-state index in [1.165, 1.54) is 0 Å². The summed E-state index contributed by atoms with van der Waals surface area (Å²) in [5.41, 5.74) is 2.14. The molecule has 0 unspecified atom stereocenters. The minimum Gasteiger partial charge on any atom is -0.385 e. The van der Waals surface area contributed by atoms with E-state index in [9.17, 15) is 0 Å². The van der Waals surface area contributed by atoms with Crippen LogP contribution in [0.5, 0.6) is 0 Å². The number of rotatable bonds is 10. The molecule has 0 amide bonds. The standard InChI is InChI=1S/C19H32N6O.HI/c1-5-20-19(21-11-13-24(2)12-8-14-26-4)22-15-18-23-16-9-6-7-10-17(16)25(18)3;/h6-7,9-10H,5,8,11-15H2,1-4H3,(H2,20,21,22);1H. The van der Waals surface area contributed by atoms with Crippen LogP contribution in [-0.2, 0) is 18.3 Å². The molecule has 1 aromatic heterocycles. The van der Waals surface area contributed by atoms with E-state index in [2.05, 4.69) is 50.1 Å². The van der Waals surface area contributed by atoms with Crippen molar-refractivity contribution in [2.75, 3.05) is 46.9 Å². The number of nitrogens with one attached hydrogen (secondary N) is 2. The second kappa shape index (κ2) is 12.9. The van der Waals surface area contributed by atoms with Gasteiger partial charge in [0, 0.05) is 46.9 Å². The number of nitrogens with zero attached hydrogens (tertiary/aromatic N) is 4. The molecule has 0 radical (unpaired) electrons. The van der Waals surface area contributed by atoms with Crippen molar-refractivity contribution in [3.8, 4) is 0 Å². The number of imidazole rings is 1. The van der Waals surface area contributed by atoms with Gasteiger partial charge in [-0.25, -0.2) is 9.98 Å². The van der Waals surface area contributed by atoms with E-state index in [0.29, 0.717) is 6.54 Å². The van der Waals surface area contributed by atoms with E-state index in [4.69, 9.17) is 4.74 Å². The third-order valence-electron chi connectivity index (χ3n) is 4.28. The second-order valence-corrected chi connectivity index (χ2v) is 6.35. The summed E-state index contributed by atoms with van der Waals surface area (Å²) in [5, 5.41) is 6.69. The van der Waals surface area contributed by atoms with Crippen molar-refractivity contribution in [2.24, 2.45) is 12.0 Å². The summed E-state index contributed by atoms with van der Waals surface area (Å²) in [4.78, 5) is 11.7. The van der Waals surface area contributed by atoms with E-state index < -0.39 is 0 Å². The van der Waals surface area contributed by atoms with Gasteiger partial charge in [0.15, 0.2) is 5.96 Å². The molecule has 2 N–H and O–H groups in total. The van der Waals surface area contributed by atoms with Crippen LogP contribution >= 0.6 is 24.0 Å². The van der Waals surface area contributed by atoms with Gasteiger partial charge in [0.2, 0.25) is 0 Å². The Morgan fingerprint density at radius 3 is 2.74 bits per heavy atom. The SMILES string of the molecule is CCNC(=NCc1nc2ccccc2n1C)NCCN(C)CCCOC.I. The number of likely N-dealkylation sites (N-methyl/N-ethyl adjacent to an activating group) is 1. The van der Waals surface area contributed by atoms with Crippen molar-refractivity contribution in [1.29, 1.82) is 0 Å². The fourth-order valence-corrected chi connectivity index (χ4v) is 2.78. The number of benzene rings is 1. The molecule has 1 aromatic carbocycles. The second-order valence-electron chi connectivity index (χ2n) is 6.35. The lowest BCUT2D eigenvalue weighted by atomic mass is 10.3. The van der Waals surface area contributed by atoms with Crippen molar-refractivity contribution >= 4 is 41.0 Å². The molecule has 0 atom stereocenters. The van der Waals surface area contributed by atoms with Gasteiger partial charge in [-0.15, -0.1) is 24.0 Å². The minimum atomic E-state index is 0. The van der Waals surface area contributed by atoms with Crippen LogP contribution in [0, 0.1) is 0 Å². The largest absolute Gasteiger partial charge is 0.385 e. The molecule has 0 saturated heterocycles. The summed E-state index contributed by atoms with van der Waals surface area (Å²) in [5.74, 6) is 1.78. The summed E-state index contributed by atoms with van der Waals surface area (Å²) in [7, 11) is 5.90. The average Bonchev–Trinajstić information content (AvgIpc) is 2.96. The molecule has 8 heteroatoms. The number of guanidine groups is 1. The Morgan fingerprint density at radius 2 is 2.04 bits per heavy atom. The van der Waals surface area contributed by atoms with Crippen LogP contribution in [0.3, 0.4) is 0 Å². The summed E-state index contributed by atoms with van der Waals surface area (Å²) in [6.45, 7) is 7.09. The third-order valence-corrected chi connectivity index (χ3v) is 4.28. The number of methoxy groups -OCH3 is 1. The van der Waals surface area contributed by atoms with Crippen LogP contribution in [0.1, 0.15) is 19.2 Å². The Balaban J connectivity index is 0.00000364. The van der Waals surface area contributed by atoms with Crippen molar-refractivity contribution in [1.82, 2.24) is 25.1 Å². The number of aliphatic imine (C=N–C) groups is 1. The Kier molecular flexibility index (Phi) is 11.3. The maximum absolute atomic E-state index is 5.09. The quantitative estimate of drug-likeness (QED) is 0.233. The molecular weight excluding hydrogens is 455 g/mol. The fourth-order valence-electron chi connectivity index (χ4n) is 2.78. The average molecular weight is 488 g/mol. The summed E-state index contributed by atoms with van der Waals surface area (Å²) < 4.78 is 7.20. The van der Waals surface area contributed by atoms with Crippen LogP contribution < -0.4 is 10.6 Å². The van der Waals surface area contributed by atoms with Crippen LogP contribution in [0.25, 0.3) is 11.0 Å². The highest BCUT2D eigenvalue weighted by Crippen LogP contribution is 2.14. The van der Waals surface area contributed by atoms with Gasteiger partial charge in [-0.1, -0.05) is 12.1 Å². The zero-order chi connectivity index (χ0) is 18.8. The van der Waals surface area contributed by atoms with Crippen molar-refractivity contribution in [3.05, 3.63) is 30.1 Å². The molecule has 2 rings (SSSR count). The molecule has 0 aliphatic carbocycles. The van der Waals surface area contributed by atoms with Crippen molar-refractivity contribution in [3.63, 3.8) is 0 Å². The monoisotopic (exact) mass is 488 g/mol. The number of hydrogen-bond acceptors (Lipinski definition) is 4. The Labute approximate surface area is 179 Å². The smallest absolute Gasteiger partial charge is 0.191 e. The number of fused-ring (bicyclic) bond motifs is 1. The predicted molar refractivity (Wildman–Crippen MR) is 123 cm³/mol. The lowest BCUT2D eigenvalue weighted by molar-refractivity contribution is 0.180. The van der Waals surface area contributed by atoms with E-state index in [-0.39, 0.29) is 24.0 Å². The maximum Gasteiger partial charge on any atom is 0.191 e. The zero-order valence-electron chi connectivity index (χ0n) is 16.9. The van der Waals surface area contributed by atoms with E-state index >= 15 is 0 Å². The number of halogens is 1. The van der Waals surface area contributed by atoms with Crippen LogP contribution in [-0.4, -0.2) is 67.4 Å². The molecule has 0 spiro atoms. The summed E-state index contributed by atoms with van der Waals surface area (Å²) >= 11 is 0. The third kappa shape index (κ3) is 7.63. The van der Waals surface area contributed by atoms with Gasteiger partial charge >= 0.3 is 0 Å². The molecule has 0 bridgehead atoms. The normalized spacial score (nSPS) is 11.7. The lowest BCUT2D eigenvalue weighted by Gasteiger charge is -2.18. The van der Waals surface area contributed by atoms with Gasteiger partial charge < -0.3 is 24.8 Å². The first-order valence-corrected chi connectivity index (χ1v) is 9.25. The minimum absolute atomic E-state index is 0. The number of ether oxygens (including phenoxy) is 1. The van der Waals surface area contributed by atoms with Crippen LogP contribution in [0.4, 0.5) is 0 Å². The first-order chi connectivity index (χ1) is 12.7. The highest BCUT2D eigenvalue weighted by molar-refractivity contribution is 14.0. The molecular formula is C19H33IN6O. The van der Waals surface area contributed by atoms with Gasteiger partial charge in [0.25, 0.3) is 0 Å². The van der Waals surface area contributed by atoms with Crippen LogP contribution in [0.15, 0.2) is 29.3 Å². The predicted octanol–water partition coefficient (Wildman–Crippen LogP) is 2.21. The number of hydrogen-bond donors (Lipinski definition) is 2. The summed E-state index contributed by atoms with van der Waals surface area (Å²) in [6.07, 6.45) is 1.05. The first kappa shape index (κ1) is 23.6. The van der Waals surface area contributed by atoms with Gasteiger partial charge in [-0.3, -0.25) is 0 Å². The van der Waals surface area contributed by atoms with E-state index in [1.807, 2.05) is 25.2 Å². The Morgan fingerprint density at radius 1 is 1.26 bits per heavy atom. The van der Waals surface area contributed by atoms with Gasteiger partial charge in [-0.05, 0) is 32.5 Å². The van der Waals surface area contributed by atoms with Crippen LogP contribution in [0.2, 0.25) is 0 Å². The molecule has 27 heavy (non-hydrogen) atoms. The maximum atomic E-state index is 5.09.